The first-order valence-corrected chi connectivity index (χ1v) is 12.7. The maximum Gasteiger partial charge on any atom is 0.254 e. The highest BCUT2D eigenvalue weighted by molar-refractivity contribution is 7.90. The Hall–Kier alpha value is -3.91. The highest BCUT2D eigenvalue weighted by Gasteiger charge is 2.26. The minimum absolute atomic E-state index is 0.195. The van der Waals surface area contributed by atoms with Gasteiger partial charge in [0.05, 0.1) is 28.9 Å². The summed E-state index contributed by atoms with van der Waals surface area (Å²) >= 11 is 0. The fourth-order valence-electron chi connectivity index (χ4n) is 4.03. The molecule has 172 valence electrons. The van der Waals surface area contributed by atoms with Gasteiger partial charge in [0.25, 0.3) is 5.91 Å². The van der Waals surface area contributed by atoms with Crippen molar-refractivity contribution in [3.05, 3.63) is 96.3 Å². The number of para-hydroxylation sites is 2. The molecular formula is C26H23N3O4S. The summed E-state index contributed by atoms with van der Waals surface area (Å²) < 4.78 is 31.4. The number of carbonyl (C=O) groups is 1. The number of nitrogens with one attached hydrogen (secondary N) is 1. The van der Waals surface area contributed by atoms with Gasteiger partial charge in [-0.1, -0.05) is 48.5 Å². The van der Waals surface area contributed by atoms with Gasteiger partial charge in [0.1, 0.15) is 11.9 Å². The van der Waals surface area contributed by atoms with Crippen LogP contribution >= 0.6 is 0 Å². The Labute approximate surface area is 197 Å². The number of benzene rings is 3. The molecule has 0 aliphatic carbocycles. The molecular weight excluding hydrogens is 450 g/mol. The fourth-order valence-corrected chi connectivity index (χ4v) is 4.66. The Morgan fingerprint density at radius 1 is 1.06 bits per heavy atom. The first-order valence-electron chi connectivity index (χ1n) is 10.9. The van der Waals surface area contributed by atoms with E-state index in [4.69, 9.17) is 4.74 Å². The van der Waals surface area contributed by atoms with Crippen LogP contribution in [0.3, 0.4) is 0 Å². The predicted octanol–water partition coefficient (Wildman–Crippen LogP) is 3.68. The molecule has 1 aromatic heterocycles. The van der Waals surface area contributed by atoms with Crippen molar-refractivity contribution in [3.8, 4) is 22.6 Å². The number of hydrogen-bond donors (Lipinski definition) is 1. The topological polar surface area (TPSA) is 90.3 Å². The third kappa shape index (κ3) is 4.45. The van der Waals surface area contributed by atoms with Gasteiger partial charge in [-0.15, -0.1) is 0 Å². The van der Waals surface area contributed by atoms with E-state index < -0.39 is 9.84 Å². The van der Waals surface area contributed by atoms with E-state index in [9.17, 15) is 13.2 Å². The van der Waals surface area contributed by atoms with Crippen LogP contribution in [0.1, 0.15) is 15.9 Å². The van der Waals surface area contributed by atoms with Gasteiger partial charge in [-0.2, -0.15) is 5.10 Å². The Balaban J connectivity index is 1.25. The van der Waals surface area contributed by atoms with Gasteiger partial charge in [0.15, 0.2) is 9.84 Å². The molecule has 3 aromatic carbocycles. The van der Waals surface area contributed by atoms with Crippen LogP contribution in [-0.4, -0.2) is 43.0 Å². The zero-order valence-corrected chi connectivity index (χ0v) is 19.3. The number of ether oxygens (including phenoxy) is 1. The molecule has 0 saturated heterocycles. The third-order valence-corrected chi connectivity index (χ3v) is 6.91. The molecule has 1 aliphatic rings. The molecule has 0 saturated carbocycles. The van der Waals surface area contributed by atoms with Crippen molar-refractivity contribution < 1.29 is 17.9 Å². The normalized spacial score (nSPS) is 14.9. The number of rotatable bonds is 6. The minimum Gasteiger partial charge on any atom is -0.487 e. The van der Waals surface area contributed by atoms with E-state index in [1.165, 1.54) is 6.26 Å². The lowest BCUT2D eigenvalue weighted by molar-refractivity contribution is 0.0933. The van der Waals surface area contributed by atoms with Crippen LogP contribution in [0.4, 0.5) is 0 Å². The lowest BCUT2D eigenvalue weighted by Crippen LogP contribution is -2.34. The van der Waals surface area contributed by atoms with Crippen LogP contribution in [0.2, 0.25) is 0 Å². The van der Waals surface area contributed by atoms with E-state index in [0.717, 1.165) is 28.1 Å². The van der Waals surface area contributed by atoms with Crippen molar-refractivity contribution in [3.63, 3.8) is 0 Å². The third-order valence-electron chi connectivity index (χ3n) is 5.78. The highest BCUT2D eigenvalue weighted by Crippen LogP contribution is 2.38. The molecule has 0 radical (unpaired) electrons. The number of hydrogen-bond acceptors (Lipinski definition) is 5. The van der Waals surface area contributed by atoms with Crippen molar-refractivity contribution in [2.45, 2.75) is 17.4 Å². The maximum atomic E-state index is 12.7. The number of sulfone groups is 1. The minimum atomic E-state index is -3.25. The molecule has 1 aliphatic heterocycles. The molecule has 7 nitrogen and oxygen atoms in total. The molecule has 5 rings (SSSR count). The second kappa shape index (κ2) is 8.79. The second-order valence-electron chi connectivity index (χ2n) is 8.25. The average molecular weight is 474 g/mol. The van der Waals surface area contributed by atoms with Gasteiger partial charge in [-0.3, -0.25) is 4.79 Å². The standard InChI is InChI=1S/C26H23N3O4S/c1-34(31,32)23-12-10-18(11-13-23)24-9-5-6-19-14-22(33-25(19)24)16-27-26(30)20-15-28-29(17-20)21-7-3-2-4-8-21/h2-13,15,17,22H,14,16H2,1H3,(H,27,30)/t22-/m1/s1. The summed E-state index contributed by atoms with van der Waals surface area (Å²) in [5.41, 5.74) is 4.19. The zero-order chi connectivity index (χ0) is 23.7. The van der Waals surface area contributed by atoms with Gasteiger partial charge in [0, 0.05) is 24.4 Å². The summed E-state index contributed by atoms with van der Waals surface area (Å²) in [6, 6.07) is 22.3. The molecule has 1 atom stereocenters. The summed E-state index contributed by atoms with van der Waals surface area (Å²) in [7, 11) is -3.25. The molecule has 0 unspecified atom stereocenters. The van der Waals surface area contributed by atoms with Crippen LogP contribution in [-0.2, 0) is 16.3 Å². The van der Waals surface area contributed by atoms with Gasteiger partial charge in [0.2, 0.25) is 0 Å². The second-order valence-corrected chi connectivity index (χ2v) is 10.3. The number of carbonyl (C=O) groups excluding carboxylic acids is 1. The first kappa shape index (κ1) is 21.9. The van der Waals surface area contributed by atoms with Crippen LogP contribution in [0.25, 0.3) is 16.8 Å². The molecule has 4 aromatic rings. The lowest BCUT2D eigenvalue weighted by atomic mass is 10.0. The highest BCUT2D eigenvalue weighted by atomic mass is 32.2. The number of aromatic nitrogens is 2. The molecule has 1 N–H and O–H groups in total. The quantitative estimate of drug-likeness (QED) is 0.461. The largest absolute Gasteiger partial charge is 0.487 e. The molecule has 0 bridgehead atoms. The molecule has 34 heavy (non-hydrogen) atoms. The number of nitrogens with zero attached hydrogens (tertiary/aromatic N) is 2. The summed E-state index contributed by atoms with van der Waals surface area (Å²) in [5, 5.41) is 7.21. The van der Waals surface area contributed by atoms with E-state index >= 15 is 0 Å². The van der Waals surface area contributed by atoms with Crippen molar-refractivity contribution >= 4 is 15.7 Å². The van der Waals surface area contributed by atoms with E-state index in [0.29, 0.717) is 18.5 Å². The van der Waals surface area contributed by atoms with Crippen LogP contribution in [0.15, 0.2) is 90.1 Å². The van der Waals surface area contributed by atoms with E-state index in [-0.39, 0.29) is 16.9 Å². The van der Waals surface area contributed by atoms with E-state index in [2.05, 4.69) is 10.4 Å². The van der Waals surface area contributed by atoms with Crippen LogP contribution in [0.5, 0.6) is 5.75 Å². The Morgan fingerprint density at radius 3 is 2.56 bits per heavy atom. The van der Waals surface area contributed by atoms with Crippen LogP contribution in [0, 0.1) is 0 Å². The number of fused-ring (bicyclic) bond motifs is 1. The van der Waals surface area contributed by atoms with Gasteiger partial charge in [-0.05, 0) is 35.4 Å². The first-order chi connectivity index (χ1) is 16.4. The maximum absolute atomic E-state index is 12.7. The lowest BCUT2D eigenvalue weighted by Gasteiger charge is -2.13. The Bertz CT molecular complexity index is 1450. The summed E-state index contributed by atoms with van der Waals surface area (Å²) in [5.74, 6) is 0.559. The Kier molecular flexibility index (Phi) is 5.67. The predicted molar refractivity (Wildman–Crippen MR) is 129 cm³/mol. The van der Waals surface area contributed by atoms with E-state index in [1.54, 1.807) is 41.3 Å². The molecule has 0 fully saturated rings. The molecule has 0 spiro atoms. The monoisotopic (exact) mass is 473 g/mol. The molecule has 1 amide bonds. The molecule has 8 heteroatoms. The summed E-state index contributed by atoms with van der Waals surface area (Å²) in [4.78, 5) is 12.9. The smallest absolute Gasteiger partial charge is 0.254 e. The van der Waals surface area contributed by atoms with Crippen molar-refractivity contribution in [1.29, 1.82) is 0 Å². The van der Waals surface area contributed by atoms with Gasteiger partial charge < -0.3 is 10.1 Å². The van der Waals surface area contributed by atoms with Crippen molar-refractivity contribution in [2.75, 3.05) is 12.8 Å². The summed E-state index contributed by atoms with van der Waals surface area (Å²) in [6.07, 6.45) is 4.92. The zero-order valence-electron chi connectivity index (χ0n) is 18.5. The number of amides is 1. The fraction of sp³-hybridized carbons (Fsp3) is 0.154. The Morgan fingerprint density at radius 2 is 1.82 bits per heavy atom. The van der Waals surface area contributed by atoms with E-state index in [1.807, 2.05) is 48.5 Å². The SMILES string of the molecule is CS(=O)(=O)c1ccc(-c2cccc3c2O[C@@H](CNC(=O)c2cnn(-c4ccccc4)c2)C3)cc1. The molecule has 2 heterocycles. The summed E-state index contributed by atoms with van der Waals surface area (Å²) in [6.45, 7) is 0.358. The van der Waals surface area contributed by atoms with Crippen LogP contribution < -0.4 is 10.1 Å². The van der Waals surface area contributed by atoms with Crippen molar-refractivity contribution in [1.82, 2.24) is 15.1 Å². The average Bonchev–Trinajstić information content (AvgIpc) is 3.50. The van der Waals surface area contributed by atoms with Crippen molar-refractivity contribution in [2.24, 2.45) is 0 Å². The van der Waals surface area contributed by atoms with Gasteiger partial charge >= 0.3 is 0 Å². The van der Waals surface area contributed by atoms with Gasteiger partial charge in [-0.25, -0.2) is 13.1 Å².